The number of ether oxygens (including phenoxy) is 1. The molecule has 0 radical (unpaired) electrons. The maximum absolute atomic E-state index is 11.8. The van der Waals surface area contributed by atoms with Gasteiger partial charge >= 0.3 is 0 Å². The van der Waals surface area contributed by atoms with Crippen LogP contribution in [0.4, 0.5) is 5.69 Å². The molecule has 0 fully saturated rings. The number of methoxy groups -OCH3 is 1. The number of hydrogen-bond donors (Lipinski definition) is 3. The second-order valence-electron chi connectivity index (χ2n) is 4.28. The predicted molar refractivity (Wildman–Crippen MR) is 70.8 cm³/mol. The Hall–Kier alpha value is -2.15. The lowest BCUT2D eigenvalue weighted by molar-refractivity contribution is -0.119. The van der Waals surface area contributed by atoms with Crippen LogP contribution in [0.1, 0.15) is 24.2 Å². The number of pyridine rings is 1. The first kappa shape index (κ1) is 14.9. The molecule has 0 saturated heterocycles. The van der Waals surface area contributed by atoms with Gasteiger partial charge in [0.1, 0.15) is 5.56 Å². The van der Waals surface area contributed by atoms with E-state index in [1.54, 1.807) is 13.8 Å². The lowest BCUT2D eigenvalue weighted by Gasteiger charge is -2.15. The van der Waals surface area contributed by atoms with E-state index in [0.717, 1.165) is 0 Å². The van der Waals surface area contributed by atoms with Crippen LogP contribution in [0.15, 0.2) is 12.3 Å². The maximum atomic E-state index is 11.8. The van der Waals surface area contributed by atoms with E-state index in [-0.39, 0.29) is 29.3 Å². The highest BCUT2D eigenvalue weighted by molar-refractivity contribution is 5.98. The van der Waals surface area contributed by atoms with Crippen molar-refractivity contribution in [2.75, 3.05) is 12.4 Å². The first-order chi connectivity index (χ1) is 8.86. The van der Waals surface area contributed by atoms with Gasteiger partial charge in [-0.15, -0.1) is 0 Å². The number of aromatic nitrogens is 1. The Morgan fingerprint density at radius 2 is 2.05 bits per heavy atom. The number of carbonyl (C=O) groups is 2. The van der Waals surface area contributed by atoms with Crippen molar-refractivity contribution >= 4 is 17.5 Å². The fraction of sp³-hybridized carbons (Fsp3) is 0.417. The van der Waals surface area contributed by atoms with E-state index < -0.39 is 5.91 Å². The molecule has 7 heteroatoms. The van der Waals surface area contributed by atoms with Gasteiger partial charge in [-0.05, 0) is 13.0 Å². The number of carbonyl (C=O) groups excluding carboxylic acids is 2. The van der Waals surface area contributed by atoms with Gasteiger partial charge in [-0.1, -0.05) is 6.92 Å². The van der Waals surface area contributed by atoms with Crippen molar-refractivity contribution in [3.05, 3.63) is 17.8 Å². The van der Waals surface area contributed by atoms with Crippen LogP contribution in [-0.4, -0.2) is 29.9 Å². The molecule has 0 aromatic carbocycles. The molecule has 0 saturated carbocycles. The average molecular weight is 266 g/mol. The van der Waals surface area contributed by atoms with Crippen LogP contribution < -0.4 is 21.5 Å². The van der Waals surface area contributed by atoms with Crippen molar-refractivity contribution in [3.8, 4) is 5.88 Å². The van der Waals surface area contributed by atoms with Crippen molar-refractivity contribution in [2.24, 2.45) is 17.4 Å². The fourth-order valence-electron chi connectivity index (χ4n) is 1.35. The van der Waals surface area contributed by atoms with Crippen LogP contribution in [0.25, 0.3) is 0 Å². The Balaban J connectivity index is 2.94. The van der Waals surface area contributed by atoms with Gasteiger partial charge in [0.15, 0.2) is 0 Å². The van der Waals surface area contributed by atoms with Gasteiger partial charge in [-0.3, -0.25) is 9.59 Å². The third-order valence-corrected chi connectivity index (χ3v) is 2.78. The summed E-state index contributed by atoms with van der Waals surface area (Å²) < 4.78 is 4.91. The quantitative estimate of drug-likeness (QED) is 0.698. The van der Waals surface area contributed by atoms with Crippen LogP contribution >= 0.6 is 0 Å². The van der Waals surface area contributed by atoms with E-state index in [1.807, 2.05) is 0 Å². The molecule has 2 amide bonds. The second kappa shape index (κ2) is 6.14. The summed E-state index contributed by atoms with van der Waals surface area (Å²) in [4.78, 5) is 27.0. The summed E-state index contributed by atoms with van der Waals surface area (Å²) in [7, 11) is 1.38. The summed E-state index contributed by atoms with van der Waals surface area (Å²) in [5.74, 6) is -1.18. The second-order valence-corrected chi connectivity index (χ2v) is 4.28. The number of amides is 2. The summed E-state index contributed by atoms with van der Waals surface area (Å²) >= 11 is 0. The molecule has 0 aliphatic rings. The van der Waals surface area contributed by atoms with E-state index in [9.17, 15) is 9.59 Å². The summed E-state index contributed by atoms with van der Waals surface area (Å²) in [6.07, 6.45) is 1.39. The van der Waals surface area contributed by atoms with E-state index in [2.05, 4.69) is 10.3 Å². The Labute approximate surface area is 111 Å². The first-order valence-electron chi connectivity index (χ1n) is 5.77. The summed E-state index contributed by atoms with van der Waals surface area (Å²) in [6, 6.07) is 1.14. The zero-order chi connectivity index (χ0) is 14.6. The minimum atomic E-state index is -0.680. The van der Waals surface area contributed by atoms with Crippen molar-refractivity contribution in [1.82, 2.24) is 4.98 Å². The van der Waals surface area contributed by atoms with E-state index in [1.165, 1.54) is 19.4 Å². The monoisotopic (exact) mass is 266 g/mol. The highest BCUT2D eigenvalue weighted by Gasteiger charge is 2.18. The van der Waals surface area contributed by atoms with Gasteiger partial charge in [-0.2, -0.15) is 0 Å². The van der Waals surface area contributed by atoms with E-state index >= 15 is 0 Å². The molecule has 1 heterocycles. The topological polar surface area (TPSA) is 120 Å². The normalized spacial score (nSPS) is 13.5. The average Bonchev–Trinajstić information content (AvgIpc) is 2.37. The van der Waals surface area contributed by atoms with Crippen molar-refractivity contribution < 1.29 is 14.3 Å². The zero-order valence-corrected chi connectivity index (χ0v) is 11.1. The number of nitrogens with one attached hydrogen (secondary N) is 1. The SMILES string of the molecule is COc1ncc(NC(=O)C(C)C(C)N)cc1C(N)=O. The van der Waals surface area contributed by atoms with Crippen LogP contribution in [0.5, 0.6) is 5.88 Å². The molecule has 0 spiro atoms. The highest BCUT2D eigenvalue weighted by atomic mass is 16.5. The lowest BCUT2D eigenvalue weighted by Crippen LogP contribution is -2.34. The van der Waals surface area contributed by atoms with Crippen molar-refractivity contribution in [2.45, 2.75) is 19.9 Å². The highest BCUT2D eigenvalue weighted by Crippen LogP contribution is 2.19. The Kier molecular flexibility index (Phi) is 4.82. The molecular weight excluding hydrogens is 248 g/mol. The molecule has 2 unspecified atom stereocenters. The van der Waals surface area contributed by atoms with Gasteiger partial charge in [0, 0.05) is 6.04 Å². The smallest absolute Gasteiger partial charge is 0.254 e. The molecule has 5 N–H and O–H groups in total. The van der Waals surface area contributed by atoms with Gasteiger partial charge in [0.25, 0.3) is 5.91 Å². The predicted octanol–water partition coefficient (Wildman–Crippen LogP) is 0.111. The van der Waals surface area contributed by atoms with Crippen LogP contribution in [0.3, 0.4) is 0 Å². The largest absolute Gasteiger partial charge is 0.480 e. The molecule has 1 aromatic rings. The van der Waals surface area contributed by atoms with Crippen LogP contribution in [0, 0.1) is 5.92 Å². The standard InChI is InChI=1S/C12H18N4O3/c1-6(7(2)13)11(18)16-8-4-9(10(14)17)12(19-3)15-5-8/h4-7H,13H2,1-3H3,(H2,14,17)(H,16,18). The molecule has 0 bridgehead atoms. The molecule has 0 aliphatic heterocycles. The van der Waals surface area contributed by atoms with Gasteiger partial charge in [-0.25, -0.2) is 4.98 Å². The summed E-state index contributed by atoms with van der Waals surface area (Å²) in [6.45, 7) is 3.46. The molecule has 19 heavy (non-hydrogen) atoms. The molecule has 0 aliphatic carbocycles. The van der Waals surface area contributed by atoms with Gasteiger partial charge in [0.2, 0.25) is 11.8 Å². The summed E-state index contributed by atoms with van der Waals surface area (Å²) in [5, 5.41) is 2.62. The molecule has 7 nitrogen and oxygen atoms in total. The van der Waals surface area contributed by atoms with E-state index in [0.29, 0.717) is 5.69 Å². The zero-order valence-electron chi connectivity index (χ0n) is 11.1. The van der Waals surface area contributed by atoms with Crippen molar-refractivity contribution in [3.63, 3.8) is 0 Å². The molecular formula is C12H18N4O3. The van der Waals surface area contributed by atoms with Crippen LogP contribution in [0.2, 0.25) is 0 Å². The maximum Gasteiger partial charge on any atom is 0.254 e. The number of primary amides is 1. The Morgan fingerprint density at radius 1 is 1.42 bits per heavy atom. The van der Waals surface area contributed by atoms with Gasteiger partial charge in [0.05, 0.1) is 24.9 Å². The van der Waals surface area contributed by atoms with Crippen molar-refractivity contribution in [1.29, 1.82) is 0 Å². The van der Waals surface area contributed by atoms with E-state index in [4.69, 9.17) is 16.2 Å². The third kappa shape index (κ3) is 3.65. The lowest BCUT2D eigenvalue weighted by atomic mass is 10.0. The number of anilines is 1. The Morgan fingerprint density at radius 3 is 2.53 bits per heavy atom. The van der Waals surface area contributed by atoms with Crippen LogP contribution in [-0.2, 0) is 4.79 Å². The first-order valence-corrected chi connectivity index (χ1v) is 5.77. The minimum Gasteiger partial charge on any atom is -0.480 e. The molecule has 1 aromatic heterocycles. The number of hydrogen-bond acceptors (Lipinski definition) is 5. The number of rotatable bonds is 5. The number of nitrogens with zero attached hydrogens (tertiary/aromatic N) is 1. The summed E-state index contributed by atoms with van der Waals surface area (Å²) in [5.41, 5.74) is 11.3. The molecule has 104 valence electrons. The Bertz CT molecular complexity index is 488. The minimum absolute atomic E-state index is 0.105. The molecule has 1 rings (SSSR count). The van der Waals surface area contributed by atoms with Gasteiger partial charge < -0.3 is 21.5 Å². The fourth-order valence-corrected chi connectivity index (χ4v) is 1.35. The third-order valence-electron chi connectivity index (χ3n) is 2.78. The molecule has 2 atom stereocenters. The number of nitrogens with two attached hydrogens (primary N) is 2.